The van der Waals surface area contributed by atoms with Crippen LogP contribution >= 0.6 is 23.1 Å². The predicted molar refractivity (Wildman–Crippen MR) is 139 cm³/mol. The Morgan fingerprint density at radius 3 is 2.58 bits per heavy atom. The molecule has 0 saturated carbocycles. The first-order valence-corrected chi connectivity index (χ1v) is 12.3. The van der Waals surface area contributed by atoms with Gasteiger partial charge in [-0.1, -0.05) is 90.6 Å². The number of thiophene rings is 1. The van der Waals surface area contributed by atoms with E-state index in [9.17, 15) is 9.59 Å². The minimum atomic E-state index is -0.113. The van der Waals surface area contributed by atoms with E-state index in [0.717, 1.165) is 21.2 Å². The quantitative estimate of drug-likeness (QED) is 0.119. The summed E-state index contributed by atoms with van der Waals surface area (Å²) in [6.45, 7) is 4.12. The van der Waals surface area contributed by atoms with Crippen molar-refractivity contribution in [2.24, 2.45) is 0 Å². The summed E-state index contributed by atoms with van der Waals surface area (Å²) in [5.41, 5.74) is 1.62. The Morgan fingerprint density at radius 2 is 1.76 bits per heavy atom. The number of fused-ring (bicyclic) bond motifs is 2. The van der Waals surface area contributed by atoms with Crippen LogP contribution in [-0.2, 0) is 6.54 Å². The van der Waals surface area contributed by atoms with E-state index in [0.29, 0.717) is 27.5 Å². The summed E-state index contributed by atoms with van der Waals surface area (Å²) < 4.78 is 1.60. The van der Waals surface area contributed by atoms with Crippen LogP contribution in [0.2, 0.25) is 0 Å². The normalized spacial score (nSPS) is 11.2. The number of allylic oxidation sites excluding steroid dienone is 1. The second-order valence-electron chi connectivity index (χ2n) is 7.53. The number of carbonyl (C=O) groups excluding carboxylic acids is 1. The molecule has 0 spiro atoms. The topological polar surface area (TPSA) is 52.0 Å². The van der Waals surface area contributed by atoms with Crippen molar-refractivity contribution in [2.75, 3.05) is 5.75 Å². The van der Waals surface area contributed by atoms with Crippen LogP contribution < -0.4 is 5.56 Å². The highest BCUT2D eigenvalue weighted by molar-refractivity contribution is 7.99. The Morgan fingerprint density at radius 1 is 1.00 bits per heavy atom. The van der Waals surface area contributed by atoms with Crippen molar-refractivity contribution in [1.82, 2.24) is 9.55 Å². The van der Waals surface area contributed by atoms with Gasteiger partial charge in [-0.2, -0.15) is 0 Å². The van der Waals surface area contributed by atoms with E-state index in [1.165, 1.54) is 23.1 Å². The van der Waals surface area contributed by atoms with Crippen LogP contribution in [0.15, 0.2) is 101 Å². The Kier molecular flexibility index (Phi) is 5.94. The van der Waals surface area contributed by atoms with Crippen LogP contribution in [0.4, 0.5) is 0 Å². The third-order valence-electron chi connectivity index (χ3n) is 5.41. The smallest absolute Gasteiger partial charge is 0.263 e. The standard InChI is InChI=1S/C27H20N2O2S2/c1-2-15-29-26(31)22-16-24(19-10-4-3-5-11-19)33-25(22)28-27(29)32-17-23(30)21-14-8-12-18-9-6-7-13-20(18)21/h2-14,16H,1,15,17H2. The van der Waals surface area contributed by atoms with Crippen LogP contribution in [0, 0.1) is 0 Å². The fourth-order valence-electron chi connectivity index (χ4n) is 3.82. The molecule has 0 N–H and O–H groups in total. The van der Waals surface area contributed by atoms with Gasteiger partial charge >= 0.3 is 0 Å². The van der Waals surface area contributed by atoms with Crippen molar-refractivity contribution in [3.05, 3.63) is 107 Å². The molecule has 0 unspecified atom stereocenters. The Hall–Kier alpha value is -3.48. The molecule has 5 aromatic rings. The van der Waals surface area contributed by atoms with Crippen molar-refractivity contribution in [3.63, 3.8) is 0 Å². The SMILES string of the molecule is C=CCn1c(SCC(=O)c2cccc3ccccc23)nc2sc(-c3ccccc3)cc2c1=O. The van der Waals surface area contributed by atoms with Gasteiger partial charge in [0.2, 0.25) is 0 Å². The Balaban J connectivity index is 1.50. The van der Waals surface area contributed by atoms with Crippen molar-refractivity contribution >= 4 is 49.9 Å². The molecule has 0 bridgehead atoms. The highest BCUT2D eigenvalue weighted by atomic mass is 32.2. The summed E-state index contributed by atoms with van der Waals surface area (Å²) in [7, 11) is 0. The number of hydrogen-bond donors (Lipinski definition) is 0. The minimum Gasteiger partial charge on any atom is -0.293 e. The van der Waals surface area contributed by atoms with E-state index >= 15 is 0 Å². The van der Waals surface area contributed by atoms with Gasteiger partial charge in [-0.05, 0) is 22.4 Å². The van der Waals surface area contributed by atoms with Crippen molar-refractivity contribution in [1.29, 1.82) is 0 Å². The first kappa shape index (κ1) is 21.4. The van der Waals surface area contributed by atoms with Crippen LogP contribution in [0.5, 0.6) is 0 Å². The molecule has 33 heavy (non-hydrogen) atoms. The molecule has 0 saturated heterocycles. The maximum Gasteiger partial charge on any atom is 0.263 e. The molecule has 0 radical (unpaired) electrons. The van der Waals surface area contributed by atoms with Gasteiger partial charge in [0.1, 0.15) is 4.83 Å². The number of Topliss-reactive ketones (excluding diaryl/α,β-unsaturated/α-hetero) is 1. The summed E-state index contributed by atoms with van der Waals surface area (Å²) in [6, 6.07) is 25.5. The van der Waals surface area contributed by atoms with Crippen molar-refractivity contribution in [2.45, 2.75) is 11.7 Å². The molecule has 4 nitrogen and oxygen atoms in total. The third-order valence-corrected chi connectivity index (χ3v) is 7.46. The van der Waals surface area contributed by atoms with Crippen LogP contribution in [0.1, 0.15) is 10.4 Å². The lowest BCUT2D eigenvalue weighted by Crippen LogP contribution is -2.22. The summed E-state index contributed by atoms with van der Waals surface area (Å²) in [6.07, 6.45) is 1.68. The van der Waals surface area contributed by atoms with E-state index in [4.69, 9.17) is 4.98 Å². The molecule has 2 aromatic heterocycles. The van der Waals surface area contributed by atoms with Gasteiger partial charge in [-0.15, -0.1) is 17.9 Å². The maximum absolute atomic E-state index is 13.3. The zero-order chi connectivity index (χ0) is 22.8. The second kappa shape index (κ2) is 9.17. The van der Waals surface area contributed by atoms with Gasteiger partial charge in [0.25, 0.3) is 5.56 Å². The number of benzene rings is 3. The molecule has 2 heterocycles. The largest absolute Gasteiger partial charge is 0.293 e. The monoisotopic (exact) mass is 468 g/mol. The average molecular weight is 469 g/mol. The van der Waals surface area contributed by atoms with E-state index < -0.39 is 0 Å². The maximum atomic E-state index is 13.3. The van der Waals surface area contributed by atoms with E-state index in [1.54, 1.807) is 10.6 Å². The summed E-state index contributed by atoms with van der Waals surface area (Å²) >= 11 is 2.78. The molecule has 162 valence electrons. The Labute approximate surface area is 199 Å². The van der Waals surface area contributed by atoms with Gasteiger partial charge < -0.3 is 0 Å². The molecule has 5 rings (SSSR count). The number of ketones is 1. The fraction of sp³-hybridized carbons (Fsp3) is 0.0741. The second-order valence-corrected chi connectivity index (χ2v) is 9.51. The van der Waals surface area contributed by atoms with Crippen LogP contribution in [0.3, 0.4) is 0 Å². The molecule has 0 fully saturated rings. The van der Waals surface area contributed by atoms with Gasteiger partial charge in [-0.3, -0.25) is 14.2 Å². The lowest BCUT2D eigenvalue weighted by molar-refractivity contribution is 0.102. The number of thioether (sulfide) groups is 1. The molecule has 6 heteroatoms. The summed E-state index contributed by atoms with van der Waals surface area (Å²) in [5.74, 6) is 0.201. The highest BCUT2D eigenvalue weighted by Gasteiger charge is 2.17. The molecule has 3 aromatic carbocycles. The average Bonchev–Trinajstić information content (AvgIpc) is 3.29. The van der Waals surface area contributed by atoms with Gasteiger partial charge in [-0.25, -0.2) is 4.98 Å². The number of hydrogen-bond acceptors (Lipinski definition) is 5. The molecule has 0 aliphatic carbocycles. The number of rotatable bonds is 7. The van der Waals surface area contributed by atoms with E-state index in [2.05, 4.69) is 6.58 Å². The zero-order valence-corrected chi connectivity index (χ0v) is 19.4. The highest BCUT2D eigenvalue weighted by Crippen LogP contribution is 2.32. The number of aromatic nitrogens is 2. The molecule has 0 aliphatic rings. The van der Waals surface area contributed by atoms with Crippen molar-refractivity contribution in [3.8, 4) is 10.4 Å². The van der Waals surface area contributed by atoms with Crippen LogP contribution in [0.25, 0.3) is 31.4 Å². The molecule has 0 atom stereocenters. The molecular weight excluding hydrogens is 448 g/mol. The zero-order valence-electron chi connectivity index (χ0n) is 17.7. The Bertz CT molecular complexity index is 1550. The van der Waals surface area contributed by atoms with Crippen molar-refractivity contribution < 1.29 is 4.79 Å². The lowest BCUT2D eigenvalue weighted by atomic mass is 10.0. The van der Waals surface area contributed by atoms with Gasteiger partial charge in [0, 0.05) is 17.0 Å². The number of nitrogens with zero attached hydrogens (tertiary/aromatic N) is 2. The van der Waals surface area contributed by atoms with Gasteiger partial charge in [0.05, 0.1) is 11.1 Å². The summed E-state index contributed by atoms with van der Waals surface area (Å²) in [4.78, 5) is 32.8. The molecular formula is C27H20N2O2S2. The first-order chi connectivity index (χ1) is 16.2. The first-order valence-electron chi connectivity index (χ1n) is 10.5. The van der Waals surface area contributed by atoms with E-state index in [1.807, 2.05) is 78.9 Å². The molecule has 0 aliphatic heterocycles. The predicted octanol–water partition coefficient (Wildman–Crippen LogP) is 6.44. The van der Waals surface area contributed by atoms with Gasteiger partial charge in [0.15, 0.2) is 10.9 Å². The number of carbonyl (C=O) groups is 1. The fourth-order valence-corrected chi connectivity index (χ4v) is 5.79. The third kappa shape index (κ3) is 4.15. The summed E-state index contributed by atoms with van der Waals surface area (Å²) in [5, 5.41) is 3.08. The lowest BCUT2D eigenvalue weighted by Gasteiger charge is -2.10. The molecule has 0 amide bonds. The van der Waals surface area contributed by atoms with Crippen LogP contribution in [-0.4, -0.2) is 21.1 Å². The van der Waals surface area contributed by atoms with E-state index in [-0.39, 0.29) is 17.1 Å². The minimum absolute atomic E-state index is 0.00690.